The third-order valence-electron chi connectivity index (χ3n) is 1.98. The fourth-order valence-corrected chi connectivity index (χ4v) is 1.30. The highest BCUT2D eigenvalue weighted by atomic mass is 16.6. The van der Waals surface area contributed by atoms with Gasteiger partial charge in [-0.15, -0.1) is 0 Å². The number of hydrogen-bond donors (Lipinski definition) is 1. The molecule has 0 heterocycles. The first-order chi connectivity index (χ1) is 8.87. The molecular weight excluding hydrogens is 246 g/mol. The molecule has 0 saturated heterocycles. The Hall–Kier alpha value is -2.04. The highest BCUT2D eigenvalue weighted by Crippen LogP contribution is 2.07. The fourth-order valence-electron chi connectivity index (χ4n) is 1.30. The van der Waals surface area contributed by atoms with Crippen molar-refractivity contribution in [2.75, 3.05) is 13.2 Å². The number of hydrogen-bond acceptors (Lipinski definition) is 4. The minimum Gasteiger partial charge on any atom is -0.482 e. The number of rotatable bonds is 5. The van der Waals surface area contributed by atoms with Crippen LogP contribution in [-0.2, 0) is 14.3 Å². The van der Waals surface area contributed by atoms with Gasteiger partial charge in [0.25, 0.3) is 5.91 Å². The Morgan fingerprint density at radius 3 is 2.32 bits per heavy atom. The van der Waals surface area contributed by atoms with E-state index in [9.17, 15) is 9.59 Å². The summed E-state index contributed by atoms with van der Waals surface area (Å²) in [5, 5.41) is 2.69. The van der Waals surface area contributed by atoms with E-state index in [1.54, 1.807) is 24.3 Å². The molecule has 0 aliphatic carbocycles. The summed E-state index contributed by atoms with van der Waals surface area (Å²) >= 11 is 0. The molecular formula is C14H19NO4. The topological polar surface area (TPSA) is 64.6 Å². The van der Waals surface area contributed by atoms with Gasteiger partial charge in [0.2, 0.25) is 0 Å². The van der Waals surface area contributed by atoms with E-state index >= 15 is 0 Å². The molecule has 19 heavy (non-hydrogen) atoms. The molecule has 1 aromatic carbocycles. The fraction of sp³-hybridized carbons (Fsp3) is 0.429. The highest BCUT2D eigenvalue weighted by Gasteiger charge is 2.15. The Balaban J connectivity index is 2.23. The molecule has 5 heteroatoms. The zero-order chi connectivity index (χ0) is 14.3. The van der Waals surface area contributed by atoms with Gasteiger partial charge in [0.15, 0.2) is 13.2 Å². The van der Waals surface area contributed by atoms with Crippen LogP contribution in [0, 0.1) is 0 Å². The van der Waals surface area contributed by atoms with Gasteiger partial charge in [-0.2, -0.15) is 0 Å². The lowest BCUT2D eigenvalue weighted by Crippen LogP contribution is -2.43. The number of benzene rings is 1. The Morgan fingerprint density at radius 1 is 1.11 bits per heavy atom. The van der Waals surface area contributed by atoms with Crippen LogP contribution in [0.2, 0.25) is 0 Å². The maximum absolute atomic E-state index is 11.4. The Kier molecular flexibility index (Phi) is 5.36. The number of para-hydroxylation sites is 1. The summed E-state index contributed by atoms with van der Waals surface area (Å²) in [6.45, 7) is 5.04. The lowest BCUT2D eigenvalue weighted by Gasteiger charge is -2.20. The quantitative estimate of drug-likeness (QED) is 0.820. The minimum atomic E-state index is -0.576. The molecule has 0 aliphatic heterocycles. The number of esters is 1. The number of nitrogens with one attached hydrogen (secondary N) is 1. The first kappa shape index (κ1) is 15.0. The monoisotopic (exact) mass is 265 g/mol. The van der Waals surface area contributed by atoms with E-state index in [-0.39, 0.29) is 24.7 Å². The Morgan fingerprint density at radius 2 is 1.74 bits per heavy atom. The second kappa shape index (κ2) is 6.78. The Bertz CT molecular complexity index is 423. The number of amides is 1. The normalized spacial score (nSPS) is 10.7. The Labute approximate surface area is 112 Å². The molecule has 1 rings (SSSR count). The molecule has 0 unspecified atom stereocenters. The van der Waals surface area contributed by atoms with Crippen LogP contribution in [0.5, 0.6) is 5.75 Å². The lowest BCUT2D eigenvalue weighted by molar-refractivity contribution is -0.150. The second-order valence-electron chi connectivity index (χ2n) is 5.06. The predicted molar refractivity (Wildman–Crippen MR) is 70.8 cm³/mol. The summed E-state index contributed by atoms with van der Waals surface area (Å²) in [6, 6.07) is 8.93. The minimum absolute atomic E-state index is 0.215. The molecule has 0 aliphatic rings. The first-order valence-corrected chi connectivity index (χ1v) is 6.01. The van der Waals surface area contributed by atoms with E-state index in [2.05, 4.69) is 5.32 Å². The smallest absolute Gasteiger partial charge is 0.344 e. The third kappa shape index (κ3) is 7.08. The summed E-state index contributed by atoms with van der Waals surface area (Å²) in [6.07, 6.45) is 0. The standard InChI is InChI=1S/C14H19NO4/c1-14(2,3)15-12(16)9-19-13(17)10-18-11-7-5-4-6-8-11/h4-8H,9-10H2,1-3H3,(H,15,16). The van der Waals surface area contributed by atoms with Crippen molar-refractivity contribution in [1.82, 2.24) is 5.32 Å². The van der Waals surface area contributed by atoms with Crippen molar-refractivity contribution < 1.29 is 19.1 Å². The van der Waals surface area contributed by atoms with Crippen LogP contribution in [-0.4, -0.2) is 30.6 Å². The van der Waals surface area contributed by atoms with Gasteiger partial charge < -0.3 is 14.8 Å². The van der Waals surface area contributed by atoms with Crippen molar-refractivity contribution in [3.8, 4) is 5.75 Å². The van der Waals surface area contributed by atoms with Crippen LogP contribution in [0.15, 0.2) is 30.3 Å². The molecule has 1 N–H and O–H groups in total. The highest BCUT2D eigenvalue weighted by molar-refractivity contribution is 5.81. The second-order valence-corrected chi connectivity index (χ2v) is 5.06. The molecule has 0 atom stereocenters. The first-order valence-electron chi connectivity index (χ1n) is 6.01. The summed E-state index contributed by atoms with van der Waals surface area (Å²) in [7, 11) is 0. The van der Waals surface area contributed by atoms with Crippen LogP contribution >= 0.6 is 0 Å². The van der Waals surface area contributed by atoms with Crippen molar-refractivity contribution in [3.05, 3.63) is 30.3 Å². The zero-order valence-corrected chi connectivity index (χ0v) is 11.4. The molecule has 0 spiro atoms. The molecule has 104 valence electrons. The van der Waals surface area contributed by atoms with E-state index in [4.69, 9.17) is 9.47 Å². The van der Waals surface area contributed by atoms with E-state index in [1.807, 2.05) is 26.8 Å². The van der Waals surface area contributed by atoms with Crippen molar-refractivity contribution in [1.29, 1.82) is 0 Å². The maximum Gasteiger partial charge on any atom is 0.344 e. The van der Waals surface area contributed by atoms with E-state index < -0.39 is 5.97 Å². The average molecular weight is 265 g/mol. The number of carbonyl (C=O) groups is 2. The third-order valence-corrected chi connectivity index (χ3v) is 1.98. The van der Waals surface area contributed by atoms with Crippen molar-refractivity contribution in [2.24, 2.45) is 0 Å². The molecule has 0 aromatic heterocycles. The van der Waals surface area contributed by atoms with Gasteiger partial charge in [0.05, 0.1) is 0 Å². The zero-order valence-electron chi connectivity index (χ0n) is 11.4. The predicted octanol–water partition coefficient (Wildman–Crippen LogP) is 1.52. The maximum atomic E-state index is 11.4. The van der Waals surface area contributed by atoms with Crippen LogP contribution < -0.4 is 10.1 Å². The van der Waals surface area contributed by atoms with Crippen LogP contribution in [0.3, 0.4) is 0 Å². The molecule has 1 aromatic rings. The summed E-state index contributed by atoms with van der Waals surface area (Å²) in [5.41, 5.74) is -0.343. The van der Waals surface area contributed by atoms with Crippen molar-refractivity contribution >= 4 is 11.9 Å². The SMILES string of the molecule is CC(C)(C)NC(=O)COC(=O)COc1ccccc1. The van der Waals surface area contributed by atoms with Gasteiger partial charge in [-0.3, -0.25) is 4.79 Å². The summed E-state index contributed by atoms with van der Waals surface area (Å²) < 4.78 is 9.99. The van der Waals surface area contributed by atoms with Crippen LogP contribution in [0.1, 0.15) is 20.8 Å². The molecule has 0 saturated carbocycles. The van der Waals surface area contributed by atoms with Crippen LogP contribution in [0.4, 0.5) is 0 Å². The van der Waals surface area contributed by atoms with E-state index in [0.717, 1.165) is 0 Å². The average Bonchev–Trinajstić information content (AvgIpc) is 2.33. The van der Waals surface area contributed by atoms with Gasteiger partial charge in [-0.25, -0.2) is 4.79 Å². The molecule has 1 amide bonds. The lowest BCUT2D eigenvalue weighted by atomic mass is 10.1. The largest absolute Gasteiger partial charge is 0.482 e. The summed E-state index contributed by atoms with van der Waals surface area (Å²) in [5.74, 6) is -0.327. The number of carbonyl (C=O) groups excluding carboxylic acids is 2. The number of ether oxygens (including phenoxy) is 2. The van der Waals surface area contributed by atoms with Gasteiger partial charge in [-0.05, 0) is 32.9 Å². The van der Waals surface area contributed by atoms with Gasteiger partial charge in [0, 0.05) is 5.54 Å². The van der Waals surface area contributed by atoms with E-state index in [0.29, 0.717) is 5.75 Å². The van der Waals surface area contributed by atoms with Gasteiger partial charge in [-0.1, -0.05) is 18.2 Å². The molecule has 0 radical (unpaired) electrons. The van der Waals surface area contributed by atoms with Crippen molar-refractivity contribution in [3.63, 3.8) is 0 Å². The van der Waals surface area contributed by atoms with Crippen molar-refractivity contribution in [2.45, 2.75) is 26.3 Å². The molecule has 0 bridgehead atoms. The van der Waals surface area contributed by atoms with Gasteiger partial charge >= 0.3 is 5.97 Å². The van der Waals surface area contributed by atoms with Gasteiger partial charge in [0.1, 0.15) is 5.75 Å². The van der Waals surface area contributed by atoms with Crippen LogP contribution in [0.25, 0.3) is 0 Å². The van der Waals surface area contributed by atoms with E-state index in [1.165, 1.54) is 0 Å². The molecule has 5 nitrogen and oxygen atoms in total. The summed E-state index contributed by atoms with van der Waals surface area (Å²) in [4.78, 5) is 22.8. The molecule has 0 fully saturated rings.